The fraction of sp³-hybridized carbons (Fsp3) is 1.00. The topological polar surface area (TPSA) is 29.5 Å². The van der Waals surface area contributed by atoms with Crippen LogP contribution in [0.15, 0.2) is 0 Å². The second-order valence-electron chi connectivity index (χ2n) is 6.18. The van der Waals surface area contributed by atoms with Crippen LogP contribution in [0.1, 0.15) is 51.9 Å². The van der Waals surface area contributed by atoms with Crippen LogP contribution in [-0.2, 0) is 4.74 Å². The predicted molar refractivity (Wildman–Crippen MR) is 71.4 cm³/mol. The molecular weight excluding hydrogens is 232 g/mol. The SMILES string of the molecule is CC1SCCC1(O)C1CCOC2(CCCC2)C1. The van der Waals surface area contributed by atoms with Crippen LogP contribution in [0.5, 0.6) is 0 Å². The smallest absolute Gasteiger partial charge is 0.0800 e. The van der Waals surface area contributed by atoms with Crippen molar-refractivity contribution in [1.82, 2.24) is 0 Å². The van der Waals surface area contributed by atoms with Gasteiger partial charge in [-0.3, -0.25) is 0 Å². The summed E-state index contributed by atoms with van der Waals surface area (Å²) in [6.45, 7) is 3.07. The molecule has 1 N–H and O–H groups in total. The Bertz CT molecular complexity index is 288. The van der Waals surface area contributed by atoms with E-state index in [1.54, 1.807) is 0 Å². The lowest BCUT2D eigenvalue weighted by atomic mass is 9.72. The molecule has 2 heterocycles. The van der Waals surface area contributed by atoms with Crippen LogP contribution in [-0.4, -0.2) is 33.9 Å². The summed E-state index contributed by atoms with van der Waals surface area (Å²) in [4.78, 5) is 0. The van der Waals surface area contributed by atoms with Crippen molar-refractivity contribution in [1.29, 1.82) is 0 Å². The van der Waals surface area contributed by atoms with Crippen LogP contribution >= 0.6 is 11.8 Å². The molecule has 1 aliphatic carbocycles. The van der Waals surface area contributed by atoms with Gasteiger partial charge in [0, 0.05) is 11.9 Å². The molecule has 3 rings (SSSR count). The molecule has 0 amide bonds. The van der Waals surface area contributed by atoms with Crippen LogP contribution in [0.2, 0.25) is 0 Å². The normalized spacial score (nSPS) is 45.5. The molecule has 3 atom stereocenters. The summed E-state index contributed by atoms with van der Waals surface area (Å²) in [7, 11) is 0. The van der Waals surface area contributed by atoms with Crippen LogP contribution in [0.4, 0.5) is 0 Å². The molecule has 3 unspecified atom stereocenters. The van der Waals surface area contributed by atoms with E-state index >= 15 is 0 Å². The number of ether oxygens (including phenoxy) is 1. The molecule has 17 heavy (non-hydrogen) atoms. The monoisotopic (exact) mass is 256 g/mol. The largest absolute Gasteiger partial charge is 0.388 e. The third-order valence-corrected chi connectivity index (χ3v) is 6.64. The zero-order chi connectivity index (χ0) is 11.9. The van der Waals surface area contributed by atoms with Crippen LogP contribution in [0, 0.1) is 5.92 Å². The molecule has 98 valence electrons. The Morgan fingerprint density at radius 2 is 2.00 bits per heavy atom. The summed E-state index contributed by atoms with van der Waals surface area (Å²) < 4.78 is 6.08. The molecule has 2 saturated heterocycles. The van der Waals surface area contributed by atoms with Crippen molar-refractivity contribution in [2.24, 2.45) is 5.92 Å². The van der Waals surface area contributed by atoms with E-state index in [2.05, 4.69) is 6.92 Å². The maximum Gasteiger partial charge on any atom is 0.0800 e. The second-order valence-corrected chi connectivity index (χ2v) is 7.63. The van der Waals surface area contributed by atoms with Gasteiger partial charge in [-0.25, -0.2) is 0 Å². The molecule has 3 heteroatoms. The third-order valence-electron chi connectivity index (χ3n) is 5.29. The number of hydrogen-bond acceptors (Lipinski definition) is 3. The Balaban J connectivity index is 1.75. The van der Waals surface area contributed by atoms with Crippen molar-refractivity contribution < 1.29 is 9.84 Å². The van der Waals surface area contributed by atoms with E-state index in [0.717, 1.165) is 31.6 Å². The quantitative estimate of drug-likeness (QED) is 0.782. The van der Waals surface area contributed by atoms with Gasteiger partial charge in [0.1, 0.15) is 0 Å². The van der Waals surface area contributed by atoms with Gasteiger partial charge in [-0.05, 0) is 43.8 Å². The highest BCUT2D eigenvalue weighted by atomic mass is 32.2. The average molecular weight is 256 g/mol. The summed E-state index contributed by atoms with van der Waals surface area (Å²) in [6, 6.07) is 0. The van der Waals surface area contributed by atoms with E-state index in [-0.39, 0.29) is 5.60 Å². The summed E-state index contributed by atoms with van der Waals surface area (Å²) in [5, 5.41) is 11.4. The highest BCUT2D eigenvalue weighted by molar-refractivity contribution is 8.00. The zero-order valence-corrected chi connectivity index (χ0v) is 11.6. The first-order valence-electron chi connectivity index (χ1n) is 7.13. The van der Waals surface area contributed by atoms with Gasteiger partial charge in [0.2, 0.25) is 0 Å². The van der Waals surface area contributed by atoms with Gasteiger partial charge in [0.15, 0.2) is 0 Å². The van der Waals surface area contributed by atoms with E-state index in [4.69, 9.17) is 4.74 Å². The third kappa shape index (κ3) is 2.04. The summed E-state index contributed by atoms with van der Waals surface area (Å²) in [5.74, 6) is 1.60. The summed E-state index contributed by atoms with van der Waals surface area (Å²) in [6.07, 6.45) is 8.23. The van der Waals surface area contributed by atoms with E-state index in [1.807, 2.05) is 11.8 Å². The van der Waals surface area contributed by atoms with Crippen molar-refractivity contribution in [3.63, 3.8) is 0 Å². The molecule has 0 aromatic heterocycles. The van der Waals surface area contributed by atoms with Crippen LogP contribution in [0.25, 0.3) is 0 Å². The lowest BCUT2D eigenvalue weighted by Crippen LogP contribution is -2.50. The average Bonchev–Trinajstić information content (AvgIpc) is 2.89. The van der Waals surface area contributed by atoms with E-state index < -0.39 is 5.60 Å². The maximum absolute atomic E-state index is 11.0. The second kappa shape index (κ2) is 4.43. The Morgan fingerprint density at radius 3 is 2.65 bits per heavy atom. The Hall–Kier alpha value is 0.270. The molecule has 0 bridgehead atoms. The van der Waals surface area contributed by atoms with Crippen LogP contribution < -0.4 is 0 Å². The first kappa shape index (κ1) is 12.3. The fourth-order valence-electron chi connectivity index (χ4n) is 4.11. The standard InChI is InChI=1S/C14H24O2S/c1-11-14(15,7-9-17-11)12-4-8-16-13(10-12)5-2-3-6-13/h11-12,15H,2-10H2,1H3. The minimum atomic E-state index is -0.413. The van der Waals surface area contributed by atoms with Crippen molar-refractivity contribution in [2.45, 2.75) is 68.3 Å². The molecule has 0 aromatic rings. The molecular formula is C14H24O2S. The molecule has 0 aromatic carbocycles. The fourth-order valence-corrected chi connectivity index (χ4v) is 5.50. The van der Waals surface area contributed by atoms with Crippen molar-refractivity contribution in [3.8, 4) is 0 Å². The van der Waals surface area contributed by atoms with Crippen molar-refractivity contribution in [3.05, 3.63) is 0 Å². The van der Waals surface area contributed by atoms with Crippen molar-refractivity contribution in [2.75, 3.05) is 12.4 Å². The summed E-state index contributed by atoms with van der Waals surface area (Å²) >= 11 is 1.94. The zero-order valence-electron chi connectivity index (χ0n) is 10.8. The van der Waals surface area contributed by atoms with Crippen molar-refractivity contribution >= 4 is 11.8 Å². The van der Waals surface area contributed by atoms with Gasteiger partial charge in [-0.15, -0.1) is 0 Å². The predicted octanol–water partition coefficient (Wildman–Crippen LogP) is 2.98. The lowest BCUT2D eigenvalue weighted by molar-refractivity contribution is -0.138. The van der Waals surface area contributed by atoms with E-state index in [9.17, 15) is 5.11 Å². The molecule has 3 aliphatic rings. The molecule has 0 radical (unpaired) electrons. The molecule has 1 saturated carbocycles. The highest BCUT2D eigenvalue weighted by Gasteiger charge is 2.51. The molecule has 2 aliphatic heterocycles. The number of rotatable bonds is 1. The minimum Gasteiger partial charge on any atom is -0.388 e. The highest BCUT2D eigenvalue weighted by Crippen LogP contribution is 2.50. The molecule has 2 nitrogen and oxygen atoms in total. The minimum absolute atomic E-state index is 0.144. The van der Waals surface area contributed by atoms with Gasteiger partial charge in [-0.2, -0.15) is 11.8 Å². The lowest BCUT2D eigenvalue weighted by Gasteiger charge is -2.45. The summed E-state index contributed by atoms with van der Waals surface area (Å²) in [5.41, 5.74) is -0.268. The van der Waals surface area contributed by atoms with E-state index in [0.29, 0.717) is 11.2 Å². The van der Waals surface area contributed by atoms with Gasteiger partial charge in [0.05, 0.1) is 11.2 Å². The van der Waals surface area contributed by atoms with Gasteiger partial charge >= 0.3 is 0 Å². The van der Waals surface area contributed by atoms with Crippen LogP contribution in [0.3, 0.4) is 0 Å². The van der Waals surface area contributed by atoms with E-state index in [1.165, 1.54) is 25.7 Å². The first-order chi connectivity index (χ1) is 8.15. The first-order valence-corrected chi connectivity index (χ1v) is 8.17. The Kier molecular flexibility index (Phi) is 3.21. The van der Waals surface area contributed by atoms with Gasteiger partial charge in [-0.1, -0.05) is 19.8 Å². The number of aliphatic hydroxyl groups is 1. The molecule has 3 fully saturated rings. The number of hydrogen-bond donors (Lipinski definition) is 1. The van der Waals surface area contributed by atoms with Gasteiger partial charge in [0.25, 0.3) is 0 Å². The molecule has 1 spiro atoms. The van der Waals surface area contributed by atoms with Gasteiger partial charge < -0.3 is 9.84 Å². The maximum atomic E-state index is 11.0. The Morgan fingerprint density at radius 1 is 1.24 bits per heavy atom. The Labute approximate surface area is 108 Å². The number of thioether (sulfide) groups is 1.